The molecule has 3 aromatic rings. The van der Waals surface area contributed by atoms with Crippen LogP contribution < -0.4 is 24.3 Å². The van der Waals surface area contributed by atoms with Gasteiger partial charge in [0.05, 0.1) is 20.3 Å². The average molecular weight is 599 g/mol. The topological polar surface area (TPSA) is 126 Å². The molecular formula is C27H23BrN2O9. The number of furan rings is 1. The van der Waals surface area contributed by atoms with E-state index in [1.807, 2.05) is 25.1 Å². The molecule has 3 heterocycles. The highest BCUT2D eigenvalue weighted by atomic mass is 79.9. The van der Waals surface area contributed by atoms with Crippen LogP contribution in [0.5, 0.6) is 23.0 Å². The van der Waals surface area contributed by atoms with Gasteiger partial charge in [0.15, 0.2) is 23.0 Å². The molecule has 2 aromatic carbocycles. The monoisotopic (exact) mass is 598 g/mol. The van der Waals surface area contributed by atoms with E-state index < -0.39 is 17.9 Å². The maximum absolute atomic E-state index is 13.0. The van der Waals surface area contributed by atoms with Gasteiger partial charge in [-0.3, -0.25) is 9.69 Å². The van der Waals surface area contributed by atoms with E-state index in [0.29, 0.717) is 39.6 Å². The molecule has 3 amide bonds. The van der Waals surface area contributed by atoms with Crippen LogP contribution in [0.25, 0.3) is 6.08 Å². The molecule has 12 heteroatoms. The van der Waals surface area contributed by atoms with Gasteiger partial charge in [0, 0.05) is 4.47 Å². The first-order valence-corrected chi connectivity index (χ1v) is 12.6. The minimum atomic E-state index is -0.655. The zero-order valence-electron chi connectivity index (χ0n) is 20.9. The molecule has 39 heavy (non-hydrogen) atoms. The summed E-state index contributed by atoms with van der Waals surface area (Å²) in [4.78, 5) is 38.1. The van der Waals surface area contributed by atoms with Crippen LogP contribution in [0, 0.1) is 0 Å². The fraction of sp³-hybridized carbons (Fsp3) is 0.222. The number of hydrogen-bond donors (Lipinski definition) is 1. The van der Waals surface area contributed by atoms with Crippen molar-refractivity contribution >= 4 is 39.9 Å². The highest BCUT2D eigenvalue weighted by molar-refractivity contribution is 9.10. The third-order valence-electron chi connectivity index (χ3n) is 5.82. The van der Waals surface area contributed by atoms with E-state index >= 15 is 0 Å². The number of benzene rings is 2. The molecule has 0 bridgehead atoms. The van der Waals surface area contributed by atoms with Crippen molar-refractivity contribution in [1.82, 2.24) is 10.2 Å². The second-order valence-corrected chi connectivity index (χ2v) is 9.22. The van der Waals surface area contributed by atoms with E-state index in [0.717, 1.165) is 10.5 Å². The Morgan fingerprint density at radius 2 is 1.87 bits per heavy atom. The Morgan fingerprint density at radius 1 is 1.08 bits per heavy atom. The lowest BCUT2D eigenvalue weighted by Gasteiger charge is -2.14. The predicted molar refractivity (Wildman–Crippen MR) is 139 cm³/mol. The molecule has 0 aliphatic carbocycles. The number of nitrogens with one attached hydrogen (secondary N) is 1. The van der Waals surface area contributed by atoms with E-state index in [1.165, 1.54) is 25.3 Å². The third-order valence-corrected chi connectivity index (χ3v) is 6.51. The van der Waals surface area contributed by atoms with Crippen molar-refractivity contribution in [3.8, 4) is 23.0 Å². The van der Waals surface area contributed by atoms with Crippen molar-refractivity contribution in [3.05, 3.63) is 75.3 Å². The lowest BCUT2D eigenvalue weighted by Crippen LogP contribution is -2.30. The first kappa shape index (κ1) is 26.2. The molecule has 2 aliphatic rings. The zero-order chi connectivity index (χ0) is 27.5. The number of nitrogens with zero attached hydrogens (tertiary/aromatic N) is 1. The summed E-state index contributed by atoms with van der Waals surface area (Å²) in [7, 11) is 1.23. The van der Waals surface area contributed by atoms with Crippen molar-refractivity contribution in [2.24, 2.45) is 0 Å². The SMILES string of the molecule is CCOc1cc(/C=C2\NC(=O)N(Cc3ccc(C(=O)OC)o3)C2=O)c(Br)cc1OCc1ccc2c(c1)OCO2. The second-order valence-electron chi connectivity index (χ2n) is 8.37. The molecule has 0 atom stereocenters. The van der Waals surface area contributed by atoms with E-state index in [4.69, 9.17) is 23.4 Å². The van der Waals surface area contributed by atoms with Crippen LogP contribution in [0.3, 0.4) is 0 Å². The van der Waals surface area contributed by atoms with Crippen LogP contribution in [0.2, 0.25) is 0 Å². The summed E-state index contributed by atoms with van der Waals surface area (Å²) in [5.41, 5.74) is 1.54. The summed E-state index contributed by atoms with van der Waals surface area (Å²) in [6, 6.07) is 11.3. The van der Waals surface area contributed by atoms with Crippen LogP contribution in [-0.4, -0.2) is 43.3 Å². The summed E-state index contributed by atoms with van der Waals surface area (Å²) in [6.07, 6.45) is 1.54. The van der Waals surface area contributed by atoms with Crippen LogP contribution in [0.1, 0.15) is 34.4 Å². The maximum atomic E-state index is 13.0. The second kappa shape index (κ2) is 11.1. The number of esters is 1. The Kier molecular flexibility index (Phi) is 7.46. The number of rotatable bonds is 9. The molecule has 11 nitrogen and oxygen atoms in total. The number of imide groups is 1. The van der Waals surface area contributed by atoms with E-state index in [1.54, 1.807) is 12.1 Å². The molecule has 202 valence electrons. The molecule has 1 N–H and O–H groups in total. The Bertz CT molecular complexity index is 1480. The smallest absolute Gasteiger partial charge is 0.373 e. The molecule has 2 aliphatic heterocycles. The van der Waals surface area contributed by atoms with Gasteiger partial charge in [-0.15, -0.1) is 0 Å². The van der Waals surface area contributed by atoms with Crippen LogP contribution in [0.4, 0.5) is 4.79 Å². The molecular weight excluding hydrogens is 576 g/mol. The lowest BCUT2D eigenvalue weighted by atomic mass is 10.1. The van der Waals surface area contributed by atoms with Crippen molar-refractivity contribution < 1.29 is 42.5 Å². The highest BCUT2D eigenvalue weighted by Crippen LogP contribution is 2.37. The number of amides is 3. The maximum Gasteiger partial charge on any atom is 0.373 e. The summed E-state index contributed by atoms with van der Waals surface area (Å²) in [6.45, 7) is 2.53. The normalized spacial score (nSPS) is 15.1. The Labute approximate surface area is 231 Å². The number of halogens is 1. The summed E-state index contributed by atoms with van der Waals surface area (Å²) in [5, 5.41) is 2.57. The van der Waals surface area contributed by atoms with Crippen molar-refractivity contribution in [1.29, 1.82) is 0 Å². The number of methoxy groups -OCH3 is 1. The minimum Gasteiger partial charge on any atom is -0.490 e. The van der Waals surface area contributed by atoms with Crippen LogP contribution in [-0.2, 0) is 22.7 Å². The van der Waals surface area contributed by atoms with Crippen molar-refractivity contribution in [3.63, 3.8) is 0 Å². The molecule has 1 fully saturated rings. The third kappa shape index (κ3) is 5.55. The number of ether oxygens (including phenoxy) is 5. The largest absolute Gasteiger partial charge is 0.490 e. The number of fused-ring (bicyclic) bond motifs is 1. The fourth-order valence-corrected chi connectivity index (χ4v) is 4.37. The van der Waals surface area contributed by atoms with Gasteiger partial charge in [0.25, 0.3) is 5.91 Å². The van der Waals surface area contributed by atoms with Crippen molar-refractivity contribution in [2.75, 3.05) is 20.5 Å². The standard InChI is InChI=1S/C27H23BrN2O9/c1-3-35-23-10-16(18(28)11-24(23)36-13-15-4-6-20-22(8-15)38-14-37-20)9-19-25(31)30(27(33)29-19)12-17-5-7-21(39-17)26(32)34-2/h4-11H,3,12-14H2,1-2H3,(H,29,33)/b19-9-. The van der Waals surface area contributed by atoms with Gasteiger partial charge >= 0.3 is 12.0 Å². The average Bonchev–Trinajstić information content (AvgIpc) is 3.65. The summed E-state index contributed by atoms with van der Waals surface area (Å²) < 4.78 is 33.2. The number of carbonyl (C=O) groups excluding carboxylic acids is 3. The first-order chi connectivity index (χ1) is 18.9. The van der Waals surface area contributed by atoms with Crippen molar-refractivity contribution in [2.45, 2.75) is 20.1 Å². The number of urea groups is 1. The first-order valence-electron chi connectivity index (χ1n) is 11.9. The molecule has 1 saturated heterocycles. The molecule has 5 rings (SSSR count). The number of hydrogen-bond acceptors (Lipinski definition) is 9. The van der Waals surface area contributed by atoms with E-state index in [-0.39, 0.29) is 37.2 Å². The predicted octanol–water partition coefficient (Wildman–Crippen LogP) is 4.63. The number of carbonyl (C=O) groups is 3. The van der Waals surface area contributed by atoms with Gasteiger partial charge in [-0.05, 0) is 60.5 Å². The molecule has 0 spiro atoms. The fourth-order valence-electron chi connectivity index (χ4n) is 3.93. The Hall–Kier alpha value is -4.45. The summed E-state index contributed by atoms with van der Waals surface area (Å²) in [5.74, 6) is 1.33. The summed E-state index contributed by atoms with van der Waals surface area (Å²) >= 11 is 3.52. The van der Waals surface area contributed by atoms with Gasteiger partial charge in [-0.25, -0.2) is 9.59 Å². The van der Waals surface area contributed by atoms with Gasteiger partial charge in [0.1, 0.15) is 18.1 Å². The highest BCUT2D eigenvalue weighted by Gasteiger charge is 2.34. The van der Waals surface area contributed by atoms with E-state index in [2.05, 4.69) is 26.0 Å². The van der Waals surface area contributed by atoms with Crippen LogP contribution >= 0.6 is 15.9 Å². The zero-order valence-corrected chi connectivity index (χ0v) is 22.5. The Balaban J connectivity index is 1.32. The lowest BCUT2D eigenvalue weighted by molar-refractivity contribution is -0.123. The van der Waals surface area contributed by atoms with Gasteiger partial charge < -0.3 is 33.4 Å². The Morgan fingerprint density at radius 3 is 2.67 bits per heavy atom. The van der Waals surface area contributed by atoms with Gasteiger partial charge in [-0.1, -0.05) is 22.0 Å². The quantitative estimate of drug-likeness (QED) is 0.213. The van der Waals surface area contributed by atoms with Gasteiger partial charge in [-0.2, -0.15) is 0 Å². The van der Waals surface area contributed by atoms with E-state index in [9.17, 15) is 14.4 Å². The van der Waals surface area contributed by atoms with Crippen LogP contribution in [0.15, 0.2) is 57.1 Å². The minimum absolute atomic E-state index is 0.0245. The molecule has 1 aromatic heterocycles. The molecule has 0 saturated carbocycles. The van der Waals surface area contributed by atoms with Gasteiger partial charge in [0.2, 0.25) is 12.6 Å². The molecule has 0 radical (unpaired) electrons. The molecule has 0 unspecified atom stereocenters.